The average Bonchev–Trinajstić information content (AvgIpc) is 3.12. The monoisotopic (exact) mass is 452 g/mol. The minimum absolute atomic E-state index is 0.0186. The summed E-state index contributed by atoms with van der Waals surface area (Å²) >= 11 is 0. The fraction of sp³-hybridized carbons (Fsp3) is 0.385. The molecule has 0 saturated carbocycles. The highest BCUT2D eigenvalue weighted by Crippen LogP contribution is 2.40. The van der Waals surface area contributed by atoms with E-state index in [9.17, 15) is 13.6 Å². The van der Waals surface area contributed by atoms with Gasteiger partial charge in [0.05, 0.1) is 5.54 Å². The summed E-state index contributed by atoms with van der Waals surface area (Å²) in [7, 11) is 0. The minimum atomic E-state index is -0.635. The molecule has 33 heavy (non-hydrogen) atoms. The van der Waals surface area contributed by atoms with Crippen LogP contribution in [-0.2, 0) is 16.9 Å². The molecule has 0 aliphatic carbocycles. The van der Waals surface area contributed by atoms with Crippen LogP contribution in [0.15, 0.2) is 42.5 Å². The van der Waals surface area contributed by atoms with Crippen molar-refractivity contribution in [3.05, 3.63) is 65.5 Å². The number of rotatable bonds is 7. The molecule has 0 radical (unpaired) electrons. The van der Waals surface area contributed by atoms with E-state index in [0.717, 1.165) is 25.1 Å². The summed E-state index contributed by atoms with van der Waals surface area (Å²) in [6.07, 6.45) is 3.06. The van der Waals surface area contributed by atoms with E-state index < -0.39 is 5.54 Å². The second kappa shape index (κ2) is 8.96. The van der Waals surface area contributed by atoms with Gasteiger partial charge in [-0.2, -0.15) is 0 Å². The van der Waals surface area contributed by atoms with E-state index in [1.807, 2.05) is 23.3 Å². The highest BCUT2D eigenvalue weighted by Gasteiger charge is 2.42. The van der Waals surface area contributed by atoms with E-state index in [2.05, 4.69) is 12.2 Å². The Morgan fingerprint density at radius 2 is 1.91 bits per heavy atom. The second-order valence-electron chi connectivity index (χ2n) is 9.13. The molecule has 4 rings (SSSR count). The number of hydrogen-bond donors (Lipinski definition) is 1. The summed E-state index contributed by atoms with van der Waals surface area (Å²) in [5.41, 5.74) is 1.71. The third-order valence-electron chi connectivity index (χ3n) is 6.29. The van der Waals surface area contributed by atoms with Crippen LogP contribution < -0.4 is 5.32 Å². The van der Waals surface area contributed by atoms with E-state index in [-0.39, 0.29) is 24.1 Å². The van der Waals surface area contributed by atoms with Crippen molar-refractivity contribution in [3.8, 4) is 11.3 Å². The van der Waals surface area contributed by atoms with E-state index in [1.54, 1.807) is 31.2 Å². The molecule has 0 unspecified atom stereocenters. The molecule has 174 valence electrons. The quantitative estimate of drug-likeness (QED) is 0.438. The van der Waals surface area contributed by atoms with Crippen molar-refractivity contribution < 1.29 is 13.6 Å². The van der Waals surface area contributed by atoms with Gasteiger partial charge in [-0.25, -0.2) is 13.8 Å². The van der Waals surface area contributed by atoms with Gasteiger partial charge in [-0.3, -0.25) is 4.79 Å². The number of halogens is 2. The number of benzene rings is 2. The van der Waals surface area contributed by atoms with Gasteiger partial charge < -0.3 is 14.8 Å². The SMILES string of the molecule is CCCCCN1C(=O)Cn2c(nc(-c3cccc(F)c3)c2Nc2ccc(F)c(C)c2)C1(C)C. The topological polar surface area (TPSA) is 50.2 Å². The molecule has 0 spiro atoms. The number of aromatic nitrogens is 2. The molecule has 1 aliphatic rings. The predicted molar refractivity (Wildman–Crippen MR) is 126 cm³/mol. The van der Waals surface area contributed by atoms with Gasteiger partial charge in [-0.05, 0) is 63.1 Å². The number of hydrogen-bond acceptors (Lipinski definition) is 3. The van der Waals surface area contributed by atoms with Crippen molar-refractivity contribution in [2.24, 2.45) is 0 Å². The van der Waals surface area contributed by atoms with Crippen LogP contribution in [0.5, 0.6) is 0 Å². The molecule has 1 N–H and O–H groups in total. The largest absolute Gasteiger partial charge is 0.340 e. The van der Waals surface area contributed by atoms with Crippen molar-refractivity contribution in [1.29, 1.82) is 0 Å². The number of aryl methyl sites for hydroxylation is 1. The first kappa shape index (κ1) is 23.0. The standard InChI is InChI=1S/C26H30F2N4O/c1-5-6-7-13-32-22(33)16-31-24(29-20-11-12-21(28)17(2)14-20)23(30-25(31)26(32,3)4)18-9-8-10-19(27)15-18/h8-12,14-15,29H,5-7,13,16H2,1-4H3. The van der Waals surface area contributed by atoms with E-state index in [0.29, 0.717) is 34.9 Å². The fourth-order valence-electron chi connectivity index (χ4n) is 4.47. The van der Waals surface area contributed by atoms with E-state index in [1.165, 1.54) is 18.2 Å². The lowest BCUT2D eigenvalue weighted by molar-refractivity contribution is -0.140. The Hall–Kier alpha value is -3.22. The summed E-state index contributed by atoms with van der Waals surface area (Å²) in [5, 5.41) is 3.33. The Balaban J connectivity index is 1.83. The van der Waals surface area contributed by atoms with Gasteiger partial charge in [-0.15, -0.1) is 0 Å². The first-order valence-corrected chi connectivity index (χ1v) is 11.4. The third kappa shape index (κ3) is 4.36. The molecule has 1 amide bonds. The van der Waals surface area contributed by atoms with Gasteiger partial charge in [0.25, 0.3) is 0 Å². The molecule has 1 aromatic heterocycles. The zero-order valence-corrected chi connectivity index (χ0v) is 19.6. The van der Waals surface area contributed by atoms with Gasteiger partial charge in [0.1, 0.15) is 35.5 Å². The molecule has 0 bridgehead atoms. The van der Waals surface area contributed by atoms with Gasteiger partial charge in [0.2, 0.25) is 5.91 Å². The van der Waals surface area contributed by atoms with Crippen molar-refractivity contribution in [3.63, 3.8) is 0 Å². The van der Waals surface area contributed by atoms with E-state index in [4.69, 9.17) is 4.98 Å². The first-order valence-electron chi connectivity index (χ1n) is 11.4. The Kier molecular flexibility index (Phi) is 6.23. The number of unbranched alkanes of at least 4 members (excludes halogenated alkanes) is 2. The van der Waals surface area contributed by atoms with Gasteiger partial charge in [0.15, 0.2) is 0 Å². The minimum Gasteiger partial charge on any atom is -0.340 e. The van der Waals surface area contributed by atoms with Crippen LogP contribution in [0.3, 0.4) is 0 Å². The Bertz CT molecular complexity index is 1190. The second-order valence-corrected chi connectivity index (χ2v) is 9.13. The first-order chi connectivity index (χ1) is 15.7. The third-order valence-corrected chi connectivity index (χ3v) is 6.29. The maximum absolute atomic E-state index is 14.1. The lowest BCUT2D eigenvalue weighted by Gasteiger charge is -2.42. The number of nitrogens with zero attached hydrogens (tertiary/aromatic N) is 3. The van der Waals surface area contributed by atoms with Gasteiger partial charge in [0, 0.05) is 17.8 Å². The smallest absolute Gasteiger partial charge is 0.243 e. The van der Waals surface area contributed by atoms with Crippen LogP contribution in [0.1, 0.15) is 51.4 Å². The number of anilines is 2. The summed E-state index contributed by atoms with van der Waals surface area (Å²) in [4.78, 5) is 20.0. The number of imidazole rings is 1. The van der Waals surface area contributed by atoms with Crippen LogP contribution in [0.4, 0.5) is 20.3 Å². The number of fused-ring (bicyclic) bond motifs is 1. The Labute approximate surface area is 193 Å². The molecule has 1 aliphatic heterocycles. The zero-order chi connectivity index (χ0) is 23.8. The Morgan fingerprint density at radius 1 is 1.12 bits per heavy atom. The molecule has 0 atom stereocenters. The number of nitrogens with one attached hydrogen (secondary N) is 1. The molecular weight excluding hydrogens is 422 g/mol. The number of carbonyl (C=O) groups is 1. The summed E-state index contributed by atoms with van der Waals surface area (Å²) < 4.78 is 29.8. The van der Waals surface area contributed by atoms with Crippen LogP contribution in [0.25, 0.3) is 11.3 Å². The molecule has 2 aromatic carbocycles. The molecule has 2 heterocycles. The average molecular weight is 453 g/mol. The molecule has 3 aromatic rings. The van der Waals surface area contributed by atoms with E-state index >= 15 is 0 Å². The highest BCUT2D eigenvalue weighted by atomic mass is 19.1. The van der Waals surface area contributed by atoms with Gasteiger partial charge in [-0.1, -0.05) is 31.9 Å². The van der Waals surface area contributed by atoms with Crippen molar-refractivity contribution >= 4 is 17.4 Å². The van der Waals surface area contributed by atoms with Crippen LogP contribution >= 0.6 is 0 Å². The van der Waals surface area contributed by atoms with Crippen LogP contribution in [0, 0.1) is 18.6 Å². The molecule has 5 nitrogen and oxygen atoms in total. The molecule has 0 fully saturated rings. The fourth-order valence-corrected chi connectivity index (χ4v) is 4.47. The summed E-state index contributed by atoms with van der Waals surface area (Å²) in [5.74, 6) is 0.694. The zero-order valence-electron chi connectivity index (χ0n) is 19.6. The number of carbonyl (C=O) groups excluding carboxylic acids is 1. The summed E-state index contributed by atoms with van der Waals surface area (Å²) in [6.45, 7) is 8.63. The normalized spacial score (nSPS) is 15.0. The highest BCUT2D eigenvalue weighted by molar-refractivity contribution is 5.83. The van der Waals surface area contributed by atoms with Crippen molar-refractivity contribution in [1.82, 2.24) is 14.5 Å². The maximum atomic E-state index is 14.1. The molecular formula is C26H30F2N4O. The van der Waals surface area contributed by atoms with Gasteiger partial charge >= 0.3 is 0 Å². The van der Waals surface area contributed by atoms with Crippen molar-refractivity contribution in [2.45, 2.75) is 59.0 Å². The predicted octanol–water partition coefficient (Wildman–Crippen LogP) is 6.15. The lowest BCUT2D eigenvalue weighted by atomic mass is 9.98. The lowest BCUT2D eigenvalue weighted by Crippen LogP contribution is -2.52. The number of amides is 1. The molecule has 0 saturated heterocycles. The Morgan fingerprint density at radius 3 is 2.61 bits per heavy atom. The van der Waals surface area contributed by atoms with Crippen LogP contribution in [0.2, 0.25) is 0 Å². The van der Waals surface area contributed by atoms with Crippen molar-refractivity contribution in [2.75, 3.05) is 11.9 Å². The van der Waals surface area contributed by atoms with Crippen LogP contribution in [-0.4, -0.2) is 26.9 Å². The molecule has 7 heteroatoms. The maximum Gasteiger partial charge on any atom is 0.243 e. The summed E-state index contributed by atoms with van der Waals surface area (Å²) in [6, 6.07) is 11.0.